The highest BCUT2D eigenvalue weighted by molar-refractivity contribution is 6.36. The molecule has 0 saturated carbocycles. The lowest BCUT2D eigenvalue weighted by molar-refractivity contribution is -0.120. The van der Waals surface area contributed by atoms with Gasteiger partial charge in [0.1, 0.15) is 0 Å². The van der Waals surface area contributed by atoms with Crippen molar-refractivity contribution < 1.29 is 9.90 Å². The predicted octanol–water partition coefficient (Wildman–Crippen LogP) is 3.02. The Hall–Kier alpha value is -0.810. The summed E-state index contributed by atoms with van der Waals surface area (Å²) in [4.78, 5) is 14.4. The van der Waals surface area contributed by atoms with E-state index in [1.54, 1.807) is 25.1 Å². The van der Waals surface area contributed by atoms with Crippen molar-refractivity contribution in [3.05, 3.63) is 28.2 Å². The van der Waals surface area contributed by atoms with Crippen molar-refractivity contribution in [2.45, 2.75) is 32.4 Å². The summed E-state index contributed by atoms with van der Waals surface area (Å²) in [6.45, 7) is 5.22. The summed E-state index contributed by atoms with van der Waals surface area (Å²) >= 11 is 11.9. The summed E-state index contributed by atoms with van der Waals surface area (Å²) < 4.78 is 0. The van der Waals surface area contributed by atoms with Crippen LogP contribution >= 0.6 is 23.2 Å². The molecule has 3 unspecified atom stereocenters. The average Bonchev–Trinajstić information content (AvgIpc) is 2.90. The van der Waals surface area contributed by atoms with Gasteiger partial charge >= 0.3 is 0 Å². The molecule has 3 atom stereocenters. The topological polar surface area (TPSA) is 52.6 Å². The van der Waals surface area contributed by atoms with E-state index in [0.29, 0.717) is 15.7 Å². The van der Waals surface area contributed by atoms with Gasteiger partial charge in [-0.05, 0) is 50.9 Å². The predicted molar refractivity (Wildman–Crippen MR) is 85.9 cm³/mol. The summed E-state index contributed by atoms with van der Waals surface area (Å²) in [5.41, 5.74) is 0.559. The van der Waals surface area contributed by atoms with Gasteiger partial charge in [0.05, 0.1) is 22.9 Å². The van der Waals surface area contributed by atoms with Crippen LogP contribution in [0, 0.1) is 5.92 Å². The van der Waals surface area contributed by atoms with Gasteiger partial charge in [0.2, 0.25) is 5.91 Å². The van der Waals surface area contributed by atoms with E-state index in [1.807, 2.05) is 6.92 Å². The third kappa shape index (κ3) is 4.10. The first kappa shape index (κ1) is 16.6. The fraction of sp³-hybridized carbons (Fsp3) is 0.533. The minimum Gasteiger partial charge on any atom is -0.393 e. The highest BCUT2D eigenvalue weighted by Crippen LogP contribution is 2.26. The number of aliphatic hydroxyl groups is 1. The zero-order chi connectivity index (χ0) is 15.6. The molecule has 0 bridgehead atoms. The lowest BCUT2D eigenvalue weighted by Gasteiger charge is -2.24. The molecule has 1 aromatic carbocycles. The van der Waals surface area contributed by atoms with Crippen molar-refractivity contribution in [1.82, 2.24) is 4.90 Å². The number of carbonyl (C=O) groups is 1. The van der Waals surface area contributed by atoms with Crippen LogP contribution in [0.1, 0.15) is 20.3 Å². The number of hydrogen-bond donors (Lipinski definition) is 2. The molecule has 0 aromatic heterocycles. The smallest absolute Gasteiger partial charge is 0.241 e. The molecule has 1 heterocycles. The number of anilines is 1. The van der Waals surface area contributed by atoms with E-state index >= 15 is 0 Å². The first-order valence-corrected chi connectivity index (χ1v) is 7.82. The number of nitrogens with one attached hydrogen (secondary N) is 1. The SMILES string of the molecule is CC(O)C1CCN(C(C)C(=O)Nc2ccc(Cl)cc2Cl)C1. The summed E-state index contributed by atoms with van der Waals surface area (Å²) in [6, 6.07) is 4.72. The van der Waals surface area contributed by atoms with Crippen LogP contribution in [-0.2, 0) is 4.79 Å². The molecule has 116 valence electrons. The van der Waals surface area contributed by atoms with Crippen LogP contribution in [-0.4, -0.2) is 41.1 Å². The van der Waals surface area contributed by atoms with Gasteiger partial charge in [-0.1, -0.05) is 23.2 Å². The van der Waals surface area contributed by atoms with Crippen molar-refractivity contribution in [2.75, 3.05) is 18.4 Å². The molecule has 1 amide bonds. The second-order valence-electron chi connectivity index (χ2n) is 5.57. The van der Waals surface area contributed by atoms with Gasteiger partial charge in [-0.3, -0.25) is 9.69 Å². The van der Waals surface area contributed by atoms with Gasteiger partial charge in [-0.2, -0.15) is 0 Å². The summed E-state index contributed by atoms with van der Waals surface area (Å²) in [5.74, 6) is 0.129. The van der Waals surface area contributed by atoms with E-state index in [-0.39, 0.29) is 24.0 Å². The molecule has 1 fully saturated rings. The number of amides is 1. The summed E-state index contributed by atoms with van der Waals surface area (Å²) in [5, 5.41) is 13.4. The third-order valence-electron chi connectivity index (χ3n) is 4.05. The van der Waals surface area contributed by atoms with Crippen LogP contribution in [0.15, 0.2) is 18.2 Å². The normalized spacial score (nSPS) is 22.0. The Morgan fingerprint density at radius 2 is 2.14 bits per heavy atom. The molecule has 1 aliphatic rings. The largest absolute Gasteiger partial charge is 0.393 e. The zero-order valence-corrected chi connectivity index (χ0v) is 13.7. The van der Waals surface area contributed by atoms with Crippen molar-refractivity contribution in [1.29, 1.82) is 0 Å². The van der Waals surface area contributed by atoms with Gasteiger partial charge in [0.25, 0.3) is 0 Å². The third-order valence-corrected chi connectivity index (χ3v) is 4.60. The number of halogens is 2. The fourth-order valence-electron chi connectivity index (χ4n) is 2.55. The Kier molecular flexibility index (Phi) is 5.49. The maximum Gasteiger partial charge on any atom is 0.241 e. The summed E-state index contributed by atoms with van der Waals surface area (Å²) in [6.07, 6.45) is 0.577. The van der Waals surface area contributed by atoms with E-state index in [4.69, 9.17) is 23.2 Å². The number of nitrogens with zero attached hydrogens (tertiary/aromatic N) is 1. The maximum atomic E-state index is 12.3. The number of hydrogen-bond acceptors (Lipinski definition) is 3. The molecule has 0 aliphatic carbocycles. The van der Waals surface area contributed by atoms with Crippen LogP contribution in [0.2, 0.25) is 10.0 Å². The number of likely N-dealkylation sites (tertiary alicyclic amines) is 1. The molecule has 1 saturated heterocycles. The first-order chi connectivity index (χ1) is 9.88. The van der Waals surface area contributed by atoms with Crippen molar-refractivity contribution in [2.24, 2.45) is 5.92 Å². The van der Waals surface area contributed by atoms with Crippen molar-refractivity contribution >= 4 is 34.8 Å². The van der Waals surface area contributed by atoms with Crippen molar-refractivity contribution in [3.8, 4) is 0 Å². The van der Waals surface area contributed by atoms with Gasteiger partial charge in [-0.15, -0.1) is 0 Å². The first-order valence-electron chi connectivity index (χ1n) is 7.06. The monoisotopic (exact) mass is 330 g/mol. The average molecular weight is 331 g/mol. The second kappa shape index (κ2) is 6.97. The van der Waals surface area contributed by atoms with E-state index in [0.717, 1.165) is 19.5 Å². The Balaban J connectivity index is 1.97. The molecular weight excluding hydrogens is 311 g/mol. The van der Waals surface area contributed by atoms with Crippen molar-refractivity contribution in [3.63, 3.8) is 0 Å². The lowest BCUT2D eigenvalue weighted by Crippen LogP contribution is -2.41. The zero-order valence-electron chi connectivity index (χ0n) is 12.1. The Morgan fingerprint density at radius 1 is 1.43 bits per heavy atom. The van der Waals surface area contributed by atoms with E-state index < -0.39 is 0 Å². The van der Waals surface area contributed by atoms with Crippen LogP contribution < -0.4 is 5.32 Å². The number of carbonyl (C=O) groups excluding carboxylic acids is 1. The lowest BCUT2D eigenvalue weighted by atomic mass is 10.0. The Bertz CT molecular complexity index is 522. The minimum atomic E-state index is -0.337. The molecule has 4 nitrogen and oxygen atoms in total. The van der Waals surface area contributed by atoms with Crippen LogP contribution in [0.25, 0.3) is 0 Å². The highest BCUT2D eigenvalue weighted by atomic mass is 35.5. The molecular formula is C15H20Cl2N2O2. The fourth-order valence-corrected chi connectivity index (χ4v) is 3.01. The van der Waals surface area contributed by atoms with E-state index in [9.17, 15) is 9.90 Å². The molecule has 2 N–H and O–H groups in total. The number of benzene rings is 1. The van der Waals surface area contributed by atoms with Crippen LogP contribution in [0.4, 0.5) is 5.69 Å². The highest BCUT2D eigenvalue weighted by Gasteiger charge is 2.31. The molecule has 21 heavy (non-hydrogen) atoms. The van der Waals surface area contributed by atoms with Gasteiger partial charge in [0.15, 0.2) is 0 Å². The molecule has 0 radical (unpaired) electrons. The van der Waals surface area contributed by atoms with E-state index in [2.05, 4.69) is 10.2 Å². The molecule has 2 rings (SSSR count). The van der Waals surface area contributed by atoms with Gasteiger partial charge < -0.3 is 10.4 Å². The second-order valence-corrected chi connectivity index (χ2v) is 6.42. The van der Waals surface area contributed by atoms with Gasteiger partial charge in [0, 0.05) is 11.6 Å². The number of aliphatic hydroxyl groups excluding tert-OH is 1. The molecule has 6 heteroatoms. The Morgan fingerprint density at radius 3 is 2.71 bits per heavy atom. The minimum absolute atomic E-state index is 0.106. The summed E-state index contributed by atoms with van der Waals surface area (Å²) in [7, 11) is 0. The molecule has 1 aromatic rings. The van der Waals surface area contributed by atoms with Crippen LogP contribution in [0.3, 0.4) is 0 Å². The standard InChI is InChI=1S/C15H20Cl2N2O2/c1-9(19-6-5-11(8-19)10(2)20)15(21)18-14-4-3-12(16)7-13(14)17/h3-4,7,9-11,20H,5-6,8H2,1-2H3,(H,18,21). The molecule has 1 aliphatic heterocycles. The van der Waals surface area contributed by atoms with Gasteiger partial charge in [-0.25, -0.2) is 0 Å². The van der Waals surface area contributed by atoms with E-state index in [1.165, 1.54) is 0 Å². The van der Waals surface area contributed by atoms with Crippen LogP contribution in [0.5, 0.6) is 0 Å². The number of rotatable bonds is 4. The Labute approximate surface area is 135 Å². The maximum absolute atomic E-state index is 12.3. The quantitative estimate of drug-likeness (QED) is 0.892. The molecule has 0 spiro atoms.